The molecule has 1 aromatic heterocycles. The van der Waals surface area contributed by atoms with Crippen molar-refractivity contribution >= 4 is 5.97 Å². The predicted octanol–water partition coefficient (Wildman–Crippen LogP) is 0.937. The lowest BCUT2D eigenvalue weighted by Crippen LogP contribution is -2.52. The van der Waals surface area contributed by atoms with Crippen LogP contribution in [-0.2, 0) is 4.79 Å². The lowest BCUT2D eigenvalue weighted by Gasteiger charge is -2.39. The minimum Gasteiger partial charge on any atom is -0.480 e. The monoisotopic (exact) mass is 278 g/mol. The maximum Gasteiger partial charge on any atom is 0.320 e. The highest BCUT2D eigenvalue weighted by atomic mass is 16.4. The molecule has 0 aliphatic carbocycles. The van der Waals surface area contributed by atoms with Crippen LogP contribution in [0.4, 0.5) is 0 Å². The van der Waals surface area contributed by atoms with Crippen LogP contribution in [0.3, 0.4) is 0 Å². The second-order valence-electron chi connectivity index (χ2n) is 5.29. The number of carboxylic acid groups (broad SMARTS) is 1. The van der Waals surface area contributed by atoms with Crippen molar-refractivity contribution in [1.29, 1.82) is 0 Å². The molecule has 2 heterocycles. The van der Waals surface area contributed by atoms with E-state index >= 15 is 0 Å². The molecular weight excluding hydrogens is 256 g/mol. The van der Waals surface area contributed by atoms with Gasteiger partial charge in [0.1, 0.15) is 6.04 Å². The number of aromatic nitrogens is 2. The van der Waals surface area contributed by atoms with E-state index in [0.29, 0.717) is 0 Å². The average molecular weight is 278 g/mol. The highest BCUT2D eigenvalue weighted by Crippen LogP contribution is 2.21. The third kappa shape index (κ3) is 3.13. The van der Waals surface area contributed by atoms with Crippen molar-refractivity contribution in [2.45, 2.75) is 32.9 Å². The van der Waals surface area contributed by atoms with Crippen LogP contribution in [-0.4, -0.2) is 63.1 Å². The summed E-state index contributed by atoms with van der Waals surface area (Å²) in [5.41, 5.74) is 1.97. The van der Waals surface area contributed by atoms with Crippen LogP contribution in [0.5, 0.6) is 0 Å². The van der Waals surface area contributed by atoms with Crippen LogP contribution >= 0.6 is 0 Å². The fourth-order valence-corrected chi connectivity index (χ4v) is 2.67. The summed E-state index contributed by atoms with van der Waals surface area (Å²) in [5.74, 6) is -0.753. The Balaban J connectivity index is 1.97. The lowest BCUT2D eigenvalue weighted by molar-refractivity contribution is -0.143. The van der Waals surface area contributed by atoms with E-state index in [1.54, 1.807) is 19.3 Å². The Hall–Kier alpha value is -1.53. The minimum absolute atomic E-state index is 0.214. The largest absolute Gasteiger partial charge is 0.480 e. The molecule has 0 spiro atoms. The van der Waals surface area contributed by atoms with E-state index in [4.69, 9.17) is 5.11 Å². The van der Waals surface area contributed by atoms with E-state index in [9.17, 15) is 4.79 Å². The fourth-order valence-electron chi connectivity index (χ4n) is 2.67. The normalized spacial score (nSPS) is 20.6. The maximum atomic E-state index is 11.0. The van der Waals surface area contributed by atoms with Gasteiger partial charge in [-0.25, -0.2) is 0 Å². The molecule has 6 nitrogen and oxygen atoms in total. The first-order chi connectivity index (χ1) is 9.50. The zero-order chi connectivity index (χ0) is 14.7. The number of rotatable bonds is 4. The van der Waals surface area contributed by atoms with Gasteiger partial charge in [-0.05, 0) is 20.8 Å². The Kier molecular flexibility index (Phi) is 4.67. The second-order valence-corrected chi connectivity index (χ2v) is 5.29. The van der Waals surface area contributed by atoms with Crippen LogP contribution in [0.15, 0.2) is 12.4 Å². The number of aryl methyl sites for hydroxylation is 1. The number of carboxylic acids is 1. The maximum absolute atomic E-state index is 11.0. The van der Waals surface area contributed by atoms with Gasteiger partial charge in [0, 0.05) is 38.6 Å². The zero-order valence-corrected chi connectivity index (χ0v) is 12.3. The highest BCUT2D eigenvalue weighted by molar-refractivity contribution is 5.72. The molecule has 0 bridgehead atoms. The van der Waals surface area contributed by atoms with Crippen molar-refractivity contribution in [3.05, 3.63) is 23.8 Å². The summed E-state index contributed by atoms with van der Waals surface area (Å²) in [6, 6.07) is -0.198. The Morgan fingerprint density at radius 2 is 1.70 bits per heavy atom. The van der Waals surface area contributed by atoms with Gasteiger partial charge in [0.25, 0.3) is 0 Å². The number of carbonyl (C=O) groups is 1. The molecule has 2 atom stereocenters. The number of hydrogen-bond acceptors (Lipinski definition) is 5. The van der Waals surface area contributed by atoms with Crippen molar-refractivity contribution < 1.29 is 9.90 Å². The van der Waals surface area contributed by atoms with Gasteiger partial charge in [-0.15, -0.1) is 0 Å². The van der Waals surface area contributed by atoms with Crippen molar-refractivity contribution in [2.24, 2.45) is 0 Å². The third-order valence-electron chi connectivity index (χ3n) is 4.12. The zero-order valence-electron chi connectivity index (χ0n) is 12.3. The number of aliphatic carboxylic acids is 1. The van der Waals surface area contributed by atoms with Crippen molar-refractivity contribution in [3.8, 4) is 0 Å². The molecule has 2 unspecified atom stereocenters. The standard InChI is InChI=1S/C14H22N4O2/c1-10-13(16-5-4-15-10)11(2)17-6-8-18(9-7-17)12(3)14(19)20/h4-5,11-12H,6-9H2,1-3H3,(H,19,20). The predicted molar refractivity (Wildman–Crippen MR) is 75.4 cm³/mol. The summed E-state index contributed by atoms with van der Waals surface area (Å²) >= 11 is 0. The van der Waals surface area contributed by atoms with Gasteiger partial charge in [0.15, 0.2) is 0 Å². The van der Waals surface area contributed by atoms with E-state index in [1.807, 2.05) is 11.8 Å². The number of nitrogens with zero attached hydrogens (tertiary/aromatic N) is 4. The second kappa shape index (κ2) is 6.28. The molecule has 0 radical (unpaired) electrons. The first-order valence-electron chi connectivity index (χ1n) is 6.99. The molecule has 1 fully saturated rings. The third-order valence-corrected chi connectivity index (χ3v) is 4.12. The molecule has 0 saturated carbocycles. The lowest BCUT2D eigenvalue weighted by atomic mass is 10.1. The molecule has 110 valence electrons. The van der Waals surface area contributed by atoms with Crippen LogP contribution < -0.4 is 0 Å². The first-order valence-corrected chi connectivity index (χ1v) is 6.99. The SMILES string of the molecule is Cc1nccnc1C(C)N1CCN(C(C)C(=O)O)CC1. The molecule has 1 aliphatic heterocycles. The van der Waals surface area contributed by atoms with Gasteiger partial charge in [0.05, 0.1) is 17.4 Å². The first kappa shape index (κ1) is 14.9. The molecule has 1 saturated heterocycles. The number of piperazine rings is 1. The van der Waals surface area contributed by atoms with E-state index < -0.39 is 12.0 Å². The van der Waals surface area contributed by atoms with Crippen LogP contribution in [0, 0.1) is 6.92 Å². The molecule has 0 amide bonds. The molecule has 6 heteroatoms. The highest BCUT2D eigenvalue weighted by Gasteiger charge is 2.28. The average Bonchev–Trinajstić information content (AvgIpc) is 2.46. The summed E-state index contributed by atoms with van der Waals surface area (Å²) in [6.45, 7) is 9.11. The summed E-state index contributed by atoms with van der Waals surface area (Å²) in [6.07, 6.45) is 3.43. The molecule has 20 heavy (non-hydrogen) atoms. The Labute approximate surface area is 119 Å². The molecule has 2 rings (SSSR count). The number of hydrogen-bond donors (Lipinski definition) is 1. The topological polar surface area (TPSA) is 69.6 Å². The van der Waals surface area contributed by atoms with Crippen LogP contribution in [0.1, 0.15) is 31.3 Å². The van der Waals surface area contributed by atoms with Crippen LogP contribution in [0.25, 0.3) is 0 Å². The molecule has 1 aliphatic rings. The molecule has 1 aromatic rings. The van der Waals surface area contributed by atoms with E-state index in [-0.39, 0.29) is 6.04 Å². The van der Waals surface area contributed by atoms with E-state index in [2.05, 4.69) is 21.8 Å². The fraction of sp³-hybridized carbons (Fsp3) is 0.643. The van der Waals surface area contributed by atoms with Crippen molar-refractivity contribution in [2.75, 3.05) is 26.2 Å². The quantitative estimate of drug-likeness (QED) is 0.884. The molecular formula is C14H22N4O2. The van der Waals surface area contributed by atoms with Crippen molar-refractivity contribution in [1.82, 2.24) is 19.8 Å². The van der Waals surface area contributed by atoms with Gasteiger partial charge >= 0.3 is 5.97 Å². The minimum atomic E-state index is -0.753. The molecule has 0 aromatic carbocycles. The summed E-state index contributed by atoms with van der Waals surface area (Å²) in [4.78, 5) is 24.1. The Morgan fingerprint density at radius 3 is 2.25 bits per heavy atom. The van der Waals surface area contributed by atoms with Crippen molar-refractivity contribution in [3.63, 3.8) is 0 Å². The summed E-state index contributed by atoms with van der Waals surface area (Å²) < 4.78 is 0. The van der Waals surface area contributed by atoms with Gasteiger partial charge < -0.3 is 5.11 Å². The van der Waals surface area contributed by atoms with Gasteiger partial charge in [0.2, 0.25) is 0 Å². The Morgan fingerprint density at radius 1 is 1.15 bits per heavy atom. The van der Waals surface area contributed by atoms with E-state index in [1.165, 1.54) is 0 Å². The van der Waals surface area contributed by atoms with Gasteiger partial charge in [-0.2, -0.15) is 0 Å². The molecule has 1 N–H and O–H groups in total. The van der Waals surface area contributed by atoms with Gasteiger partial charge in [-0.1, -0.05) is 0 Å². The Bertz CT molecular complexity index is 472. The van der Waals surface area contributed by atoms with E-state index in [0.717, 1.165) is 37.6 Å². The summed E-state index contributed by atoms with van der Waals surface area (Å²) in [5, 5.41) is 9.05. The summed E-state index contributed by atoms with van der Waals surface area (Å²) in [7, 11) is 0. The van der Waals surface area contributed by atoms with Gasteiger partial charge in [-0.3, -0.25) is 24.6 Å². The smallest absolute Gasteiger partial charge is 0.320 e. The van der Waals surface area contributed by atoms with Crippen LogP contribution in [0.2, 0.25) is 0 Å².